The lowest BCUT2D eigenvalue weighted by atomic mass is 10.1. The van der Waals surface area contributed by atoms with Crippen LogP contribution in [0.5, 0.6) is 0 Å². The van der Waals surface area contributed by atoms with Crippen molar-refractivity contribution in [3.8, 4) is 0 Å². The molecule has 3 rings (SSSR count). The van der Waals surface area contributed by atoms with Crippen molar-refractivity contribution < 1.29 is 0 Å². The predicted octanol–water partition coefficient (Wildman–Crippen LogP) is 2.14. The van der Waals surface area contributed by atoms with Gasteiger partial charge in [0.25, 0.3) is 5.56 Å². The molecule has 0 aliphatic carbocycles. The first-order chi connectivity index (χ1) is 7.84. The third kappa shape index (κ3) is 1.34. The molecule has 0 fully saturated rings. The maximum Gasteiger partial charge on any atom is 0.288 e. The molecule has 0 aliphatic rings. The van der Waals surface area contributed by atoms with E-state index in [1.54, 1.807) is 6.20 Å². The third-order valence-corrected chi connectivity index (χ3v) is 2.55. The van der Waals surface area contributed by atoms with Crippen LogP contribution in [0.3, 0.4) is 0 Å². The minimum absolute atomic E-state index is 0.314. The second-order valence-corrected chi connectivity index (χ2v) is 3.58. The fourth-order valence-corrected chi connectivity index (χ4v) is 1.82. The Morgan fingerprint density at radius 3 is 2.62 bits per heavy atom. The largest absolute Gasteiger partial charge is 0.288 e. The number of hydrogen-bond acceptors (Lipinski definition) is 3. The number of benzene rings is 2. The van der Waals surface area contributed by atoms with E-state index in [0.29, 0.717) is 5.52 Å². The Bertz CT molecular complexity index is 738. The molecule has 76 valence electrons. The molecule has 3 aromatic rings. The van der Waals surface area contributed by atoms with Gasteiger partial charge in [0, 0.05) is 17.0 Å². The van der Waals surface area contributed by atoms with Gasteiger partial charge in [-0.3, -0.25) is 9.78 Å². The first-order valence-corrected chi connectivity index (χ1v) is 4.98. The molecule has 0 saturated heterocycles. The molecule has 2 aromatic carbocycles. The lowest BCUT2D eigenvalue weighted by Crippen LogP contribution is -1.99. The molecule has 3 heteroatoms. The Morgan fingerprint density at radius 1 is 0.875 bits per heavy atom. The van der Waals surface area contributed by atoms with Crippen molar-refractivity contribution in [1.29, 1.82) is 0 Å². The van der Waals surface area contributed by atoms with Gasteiger partial charge in [0.2, 0.25) is 0 Å². The molecule has 3 nitrogen and oxygen atoms in total. The number of aromatic nitrogens is 2. The van der Waals surface area contributed by atoms with Crippen molar-refractivity contribution in [1.82, 2.24) is 9.97 Å². The van der Waals surface area contributed by atoms with Crippen LogP contribution in [0.4, 0.5) is 0 Å². The molecule has 0 spiro atoms. The molecule has 0 aliphatic heterocycles. The van der Waals surface area contributed by atoms with Gasteiger partial charge in [-0.1, -0.05) is 36.4 Å². The first-order valence-electron chi connectivity index (χ1n) is 4.98. The highest BCUT2D eigenvalue weighted by Gasteiger charge is 2.00. The summed E-state index contributed by atoms with van der Waals surface area (Å²) in [4.78, 5) is 19.3. The SMILES string of the molecule is O=c1cncc2ccc3ccccc3c2n1. The molecule has 0 atom stereocenters. The summed E-state index contributed by atoms with van der Waals surface area (Å²) in [5.41, 5.74) is 0.395. The van der Waals surface area contributed by atoms with Gasteiger partial charge in [0.1, 0.15) is 0 Å². The van der Waals surface area contributed by atoms with Crippen molar-refractivity contribution in [3.05, 3.63) is 59.1 Å². The Balaban J connectivity index is 2.65. The van der Waals surface area contributed by atoms with Gasteiger partial charge in [-0.2, -0.15) is 0 Å². The molecular formula is C13H8N2O. The molecule has 0 bridgehead atoms. The average Bonchev–Trinajstić information content (AvgIpc) is 2.50. The fraction of sp³-hybridized carbons (Fsp3) is 0. The summed E-state index contributed by atoms with van der Waals surface area (Å²) >= 11 is 0. The van der Waals surface area contributed by atoms with Crippen LogP contribution in [0.15, 0.2) is 53.6 Å². The van der Waals surface area contributed by atoms with Gasteiger partial charge in [-0.05, 0) is 5.39 Å². The standard InChI is InChI=1S/C13H8N2O/c16-12-8-14-7-10-6-5-9-3-1-2-4-11(9)13(10)15-12/h1-8H. The van der Waals surface area contributed by atoms with Crippen LogP contribution in [0.25, 0.3) is 21.7 Å². The first kappa shape index (κ1) is 8.97. The highest BCUT2D eigenvalue weighted by molar-refractivity contribution is 6.04. The lowest BCUT2D eigenvalue weighted by Gasteiger charge is -1.98. The topological polar surface area (TPSA) is 42.9 Å². The van der Waals surface area contributed by atoms with Crippen LogP contribution in [-0.4, -0.2) is 9.97 Å². The molecule has 16 heavy (non-hydrogen) atoms. The van der Waals surface area contributed by atoms with Gasteiger partial charge in [-0.25, -0.2) is 4.98 Å². The van der Waals surface area contributed by atoms with Gasteiger partial charge in [0.05, 0.1) is 11.7 Å². The van der Waals surface area contributed by atoms with E-state index in [4.69, 9.17) is 0 Å². The molecule has 0 amide bonds. The molecule has 1 heterocycles. The normalized spacial score (nSPS) is 10.8. The molecule has 0 unspecified atom stereocenters. The van der Waals surface area contributed by atoms with Crippen molar-refractivity contribution in [2.24, 2.45) is 0 Å². The summed E-state index contributed by atoms with van der Waals surface area (Å²) in [6.45, 7) is 0. The minimum Gasteiger partial charge on any atom is -0.266 e. The molecule has 0 saturated carbocycles. The van der Waals surface area contributed by atoms with Crippen molar-refractivity contribution in [3.63, 3.8) is 0 Å². The van der Waals surface area contributed by atoms with E-state index in [1.165, 1.54) is 6.20 Å². The fourth-order valence-electron chi connectivity index (χ4n) is 1.82. The quantitative estimate of drug-likeness (QED) is 0.568. The van der Waals surface area contributed by atoms with Crippen molar-refractivity contribution in [2.45, 2.75) is 0 Å². The number of rotatable bonds is 0. The Morgan fingerprint density at radius 2 is 1.69 bits per heavy atom. The second kappa shape index (κ2) is 3.38. The summed E-state index contributed by atoms with van der Waals surface area (Å²) in [5.74, 6) is 0. The molecular weight excluding hydrogens is 200 g/mol. The zero-order valence-electron chi connectivity index (χ0n) is 8.42. The van der Waals surface area contributed by atoms with Crippen LogP contribution in [-0.2, 0) is 0 Å². The predicted molar refractivity (Wildman–Crippen MR) is 63.3 cm³/mol. The van der Waals surface area contributed by atoms with Crippen LogP contribution in [0.1, 0.15) is 0 Å². The van der Waals surface area contributed by atoms with Crippen LogP contribution >= 0.6 is 0 Å². The van der Waals surface area contributed by atoms with E-state index >= 15 is 0 Å². The minimum atomic E-state index is -0.314. The average molecular weight is 208 g/mol. The number of nitrogens with zero attached hydrogens (tertiary/aromatic N) is 2. The zero-order valence-corrected chi connectivity index (χ0v) is 8.42. The van der Waals surface area contributed by atoms with Crippen LogP contribution in [0.2, 0.25) is 0 Å². The van der Waals surface area contributed by atoms with Crippen molar-refractivity contribution >= 4 is 21.7 Å². The van der Waals surface area contributed by atoms with Crippen molar-refractivity contribution in [2.75, 3.05) is 0 Å². The van der Waals surface area contributed by atoms with Gasteiger partial charge >= 0.3 is 0 Å². The number of fused-ring (bicyclic) bond motifs is 3. The second-order valence-electron chi connectivity index (χ2n) is 3.58. The maximum atomic E-state index is 11.4. The Labute approximate surface area is 91.4 Å². The summed E-state index contributed by atoms with van der Waals surface area (Å²) in [7, 11) is 0. The van der Waals surface area contributed by atoms with E-state index in [-0.39, 0.29) is 5.56 Å². The molecule has 0 N–H and O–H groups in total. The van der Waals surface area contributed by atoms with E-state index in [2.05, 4.69) is 9.97 Å². The monoisotopic (exact) mass is 208 g/mol. The smallest absolute Gasteiger partial charge is 0.266 e. The van der Waals surface area contributed by atoms with E-state index < -0.39 is 0 Å². The van der Waals surface area contributed by atoms with Gasteiger partial charge < -0.3 is 0 Å². The van der Waals surface area contributed by atoms with E-state index in [9.17, 15) is 4.79 Å². The highest BCUT2D eigenvalue weighted by atomic mass is 16.1. The highest BCUT2D eigenvalue weighted by Crippen LogP contribution is 2.21. The summed E-state index contributed by atoms with van der Waals surface area (Å²) in [6.07, 6.45) is 2.89. The molecule has 0 radical (unpaired) electrons. The third-order valence-electron chi connectivity index (χ3n) is 2.55. The maximum absolute atomic E-state index is 11.4. The van der Waals surface area contributed by atoms with Crippen LogP contribution in [0, 0.1) is 0 Å². The van der Waals surface area contributed by atoms with E-state index in [0.717, 1.165) is 16.2 Å². The number of hydrogen-bond donors (Lipinski definition) is 0. The van der Waals surface area contributed by atoms with E-state index in [1.807, 2.05) is 36.4 Å². The Kier molecular flexibility index (Phi) is 1.90. The zero-order chi connectivity index (χ0) is 11.0. The molecule has 1 aromatic heterocycles. The lowest BCUT2D eigenvalue weighted by molar-refractivity contribution is 1.26. The van der Waals surface area contributed by atoms with Crippen LogP contribution < -0.4 is 5.56 Å². The Hall–Kier alpha value is -2.29. The summed E-state index contributed by atoms with van der Waals surface area (Å²) in [6, 6.07) is 11.8. The summed E-state index contributed by atoms with van der Waals surface area (Å²) in [5, 5.41) is 2.93. The van der Waals surface area contributed by atoms with Gasteiger partial charge in [0.15, 0.2) is 0 Å². The van der Waals surface area contributed by atoms with Gasteiger partial charge in [-0.15, -0.1) is 0 Å². The summed E-state index contributed by atoms with van der Waals surface area (Å²) < 4.78 is 0.